The van der Waals surface area contributed by atoms with Gasteiger partial charge in [0.15, 0.2) is 0 Å². The van der Waals surface area contributed by atoms with Crippen LogP contribution < -0.4 is 0 Å². The first kappa shape index (κ1) is 19.1. The van der Waals surface area contributed by atoms with E-state index >= 15 is 0 Å². The highest BCUT2D eigenvalue weighted by atomic mass is 16.2. The minimum absolute atomic E-state index is 0.400. The average Bonchev–Trinajstić information content (AvgIpc) is 2.54. The molecular weight excluding hydrogens is 312 g/mol. The predicted octanol–water partition coefficient (Wildman–Crippen LogP) is 1.73. The molecule has 0 saturated carbocycles. The van der Waals surface area contributed by atoms with Gasteiger partial charge in [0, 0.05) is 63.8 Å². The predicted molar refractivity (Wildman–Crippen MR) is 103 cm³/mol. The van der Waals surface area contributed by atoms with Crippen LogP contribution in [-0.2, 0) is 4.79 Å². The Kier molecular flexibility index (Phi) is 6.39. The minimum Gasteiger partial charge on any atom is -0.340 e. The molecule has 144 valence electrons. The third-order valence-corrected chi connectivity index (χ3v) is 6.65. The number of hydrogen-bond donors (Lipinski definition) is 0. The summed E-state index contributed by atoms with van der Waals surface area (Å²) in [7, 11) is 0. The smallest absolute Gasteiger partial charge is 0.222 e. The lowest BCUT2D eigenvalue weighted by molar-refractivity contribution is -0.134. The summed E-state index contributed by atoms with van der Waals surface area (Å²) in [5, 5.41) is 0. The van der Waals surface area contributed by atoms with Crippen LogP contribution in [0.3, 0.4) is 0 Å². The number of likely N-dealkylation sites (tertiary alicyclic amines) is 2. The first-order chi connectivity index (χ1) is 11.9. The quantitative estimate of drug-likeness (QED) is 0.755. The molecule has 0 radical (unpaired) electrons. The summed E-state index contributed by atoms with van der Waals surface area (Å²) in [4.78, 5) is 22.4. The van der Waals surface area contributed by atoms with Gasteiger partial charge in [-0.05, 0) is 59.5 Å². The van der Waals surface area contributed by atoms with Gasteiger partial charge in [-0.15, -0.1) is 0 Å². The standard InChI is InChI=1S/C20H38N4O/c1-16(2)21-9-11-23(12-10-21)20(25)13-18-5-7-22(8-6-18)19-14-24(15-19)17(3)4/h16-19H,5-15H2,1-4H3. The SMILES string of the molecule is CC(C)N1CCN(C(=O)CC2CCN(C3CN(C(C)C)C3)CC2)CC1. The van der Waals surface area contributed by atoms with Gasteiger partial charge in [-0.25, -0.2) is 0 Å². The molecule has 0 aromatic heterocycles. The molecule has 25 heavy (non-hydrogen) atoms. The topological polar surface area (TPSA) is 30.0 Å². The van der Waals surface area contributed by atoms with Gasteiger partial charge in [0.1, 0.15) is 0 Å². The summed E-state index contributed by atoms with van der Waals surface area (Å²) in [5.41, 5.74) is 0. The van der Waals surface area contributed by atoms with Gasteiger partial charge in [-0.2, -0.15) is 0 Å². The van der Waals surface area contributed by atoms with E-state index in [2.05, 4.69) is 47.3 Å². The molecule has 5 nitrogen and oxygen atoms in total. The second kappa shape index (κ2) is 8.36. The van der Waals surface area contributed by atoms with E-state index < -0.39 is 0 Å². The van der Waals surface area contributed by atoms with E-state index in [4.69, 9.17) is 0 Å². The number of amides is 1. The summed E-state index contributed by atoms with van der Waals surface area (Å²) in [6.45, 7) is 17.8. The van der Waals surface area contributed by atoms with E-state index in [1.54, 1.807) is 0 Å². The molecule has 0 N–H and O–H groups in total. The van der Waals surface area contributed by atoms with Crippen molar-refractivity contribution in [2.24, 2.45) is 5.92 Å². The number of rotatable bonds is 5. The van der Waals surface area contributed by atoms with E-state index in [-0.39, 0.29) is 0 Å². The molecule has 3 aliphatic rings. The van der Waals surface area contributed by atoms with Gasteiger partial charge >= 0.3 is 0 Å². The van der Waals surface area contributed by atoms with Crippen molar-refractivity contribution in [3.63, 3.8) is 0 Å². The third kappa shape index (κ3) is 4.75. The molecule has 0 spiro atoms. The normalized spacial score (nSPS) is 25.8. The molecule has 0 unspecified atom stereocenters. The fourth-order valence-electron chi connectivity index (χ4n) is 4.53. The monoisotopic (exact) mass is 350 g/mol. The number of piperazine rings is 1. The van der Waals surface area contributed by atoms with Crippen LogP contribution >= 0.6 is 0 Å². The zero-order chi connectivity index (χ0) is 18.0. The molecule has 3 fully saturated rings. The summed E-state index contributed by atoms with van der Waals surface area (Å²) < 4.78 is 0. The molecule has 0 bridgehead atoms. The van der Waals surface area contributed by atoms with Crippen LogP contribution in [0.4, 0.5) is 0 Å². The molecule has 3 heterocycles. The van der Waals surface area contributed by atoms with E-state index in [1.165, 1.54) is 39.0 Å². The Morgan fingerprint density at radius 2 is 1.40 bits per heavy atom. The second-order valence-electron chi connectivity index (χ2n) is 8.90. The van der Waals surface area contributed by atoms with Crippen LogP contribution in [0, 0.1) is 5.92 Å². The van der Waals surface area contributed by atoms with Crippen molar-refractivity contribution in [3.8, 4) is 0 Å². The highest BCUT2D eigenvalue weighted by Gasteiger charge is 2.35. The Morgan fingerprint density at radius 3 is 1.92 bits per heavy atom. The fourth-order valence-corrected chi connectivity index (χ4v) is 4.53. The van der Waals surface area contributed by atoms with Crippen LogP contribution in [0.15, 0.2) is 0 Å². The number of nitrogens with zero attached hydrogens (tertiary/aromatic N) is 4. The number of carbonyl (C=O) groups excluding carboxylic acids is 1. The summed E-state index contributed by atoms with van der Waals surface area (Å²) in [6.07, 6.45) is 3.18. The number of piperidine rings is 1. The van der Waals surface area contributed by atoms with E-state index in [0.29, 0.717) is 23.9 Å². The highest BCUT2D eigenvalue weighted by molar-refractivity contribution is 5.76. The lowest BCUT2D eigenvalue weighted by Gasteiger charge is -2.49. The Bertz CT molecular complexity index is 431. The molecule has 1 amide bonds. The zero-order valence-electron chi connectivity index (χ0n) is 16.8. The van der Waals surface area contributed by atoms with Crippen molar-refractivity contribution in [2.75, 3.05) is 52.4 Å². The molecule has 0 aliphatic carbocycles. The molecule has 3 saturated heterocycles. The molecule has 3 aliphatic heterocycles. The maximum Gasteiger partial charge on any atom is 0.222 e. The van der Waals surface area contributed by atoms with Crippen LogP contribution in [0.25, 0.3) is 0 Å². The maximum atomic E-state index is 12.6. The minimum atomic E-state index is 0.400. The van der Waals surface area contributed by atoms with E-state index in [0.717, 1.165) is 38.6 Å². The zero-order valence-corrected chi connectivity index (χ0v) is 16.8. The van der Waals surface area contributed by atoms with Crippen LogP contribution in [0.5, 0.6) is 0 Å². The second-order valence-corrected chi connectivity index (χ2v) is 8.90. The van der Waals surface area contributed by atoms with Gasteiger partial charge in [-0.1, -0.05) is 0 Å². The lowest BCUT2D eigenvalue weighted by atomic mass is 9.91. The van der Waals surface area contributed by atoms with Crippen LogP contribution in [0.2, 0.25) is 0 Å². The molecule has 3 rings (SSSR count). The van der Waals surface area contributed by atoms with Crippen molar-refractivity contribution in [1.82, 2.24) is 19.6 Å². The number of carbonyl (C=O) groups is 1. The average molecular weight is 351 g/mol. The van der Waals surface area contributed by atoms with Gasteiger partial charge in [0.2, 0.25) is 5.91 Å². The first-order valence-corrected chi connectivity index (χ1v) is 10.4. The molecule has 5 heteroatoms. The Balaban J connectivity index is 1.35. The van der Waals surface area contributed by atoms with Crippen molar-refractivity contribution in [1.29, 1.82) is 0 Å². The summed E-state index contributed by atoms with van der Waals surface area (Å²) in [5.74, 6) is 1.00. The molecule has 0 atom stereocenters. The first-order valence-electron chi connectivity index (χ1n) is 10.4. The van der Waals surface area contributed by atoms with Crippen molar-refractivity contribution in [3.05, 3.63) is 0 Å². The Hall–Kier alpha value is -0.650. The van der Waals surface area contributed by atoms with Crippen LogP contribution in [-0.4, -0.2) is 96.0 Å². The van der Waals surface area contributed by atoms with Crippen molar-refractivity contribution in [2.45, 2.75) is 65.1 Å². The lowest BCUT2D eigenvalue weighted by Crippen LogP contribution is -2.62. The maximum absolute atomic E-state index is 12.6. The largest absolute Gasteiger partial charge is 0.340 e. The van der Waals surface area contributed by atoms with Crippen molar-refractivity contribution < 1.29 is 4.79 Å². The Morgan fingerprint density at radius 1 is 0.840 bits per heavy atom. The van der Waals surface area contributed by atoms with Gasteiger partial charge in [-0.3, -0.25) is 19.5 Å². The molecule has 0 aromatic carbocycles. The summed E-state index contributed by atoms with van der Waals surface area (Å²) >= 11 is 0. The third-order valence-electron chi connectivity index (χ3n) is 6.65. The van der Waals surface area contributed by atoms with E-state index in [1.807, 2.05) is 0 Å². The molecular formula is C20H38N4O. The van der Waals surface area contributed by atoms with Crippen molar-refractivity contribution >= 4 is 5.91 Å². The fraction of sp³-hybridized carbons (Fsp3) is 0.950. The number of hydrogen-bond acceptors (Lipinski definition) is 4. The van der Waals surface area contributed by atoms with E-state index in [9.17, 15) is 4.79 Å². The van der Waals surface area contributed by atoms with Gasteiger partial charge in [0.25, 0.3) is 0 Å². The molecule has 0 aromatic rings. The van der Waals surface area contributed by atoms with Crippen LogP contribution in [0.1, 0.15) is 47.0 Å². The summed E-state index contributed by atoms with van der Waals surface area (Å²) in [6, 6.07) is 2.05. The highest BCUT2D eigenvalue weighted by Crippen LogP contribution is 2.26. The van der Waals surface area contributed by atoms with Gasteiger partial charge in [0.05, 0.1) is 0 Å². The van der Waals surface area contributed by atoms with Gasteiger partial charge < -0.3 is 4.90 Å². The Labute approximate surface area is 154 Å².